The number of halogens is 1. The maximum absolute atomic E-state index is 13.2. The molecule has 0 aliphatic heterocycles. The zero-order valence-electron chi connectivity index (χ0n) is 11.1. The summed E-state index contributed by atoms with van der Waals surface area (Å²) in [4.78, 5) is 0. The molecular weight excluding hydrogens is 201 g/mol. The first-order chi connectivity index (χ1) is 7.71. The lowest BCUT2D eigenvalue weighted by atomic mass is 9.93. The van der Waals surface area contributed by atoms with Gasteiger partial charge in [-0.1, -0.05) is 51.5 Å². The van der Waals surface area contributed by atoms with Crippen molar-refractivity contribution < 1.29 is 4.39 Å². The van der Waals surface area contributed by atoms with Gasteiger partial charge in [-0.15, -0.1) is 0 Å². The summed E-state index contributed by atoms with van der Waals surface area (Å²) in [5.74, 6) is 0. The number of allylic oxidation sites excluding steroid dienone is 3. The fourth-order valence-corrected chi connectivity index (χ4v) is 1.89. The molecule has 1 fully saturated rings. The summed E-state index contributed by atoms with van der Waals surface area (Å²) < 4.78 is 13.2. The van der Waals surface area contributed by atoms with Crippen molar-refractivity contribution in [2.75, 3.05) is 6.54 Å². The van der Waals surface area contributed by atoms with Crippen LogP contribution in [0.5, 0.6) is 0 Å². The molecule has 1 rings (SSSR count). The van der Waals surface area contributed by atoms with Crippen LogP contribution in [0.2, 0.25) is 0 Å². The van der Waals surface area contributed by atoms with E-state index in [4.69, 9.17) is 5.73 Å². The maximum Gasteiger partial charge on any atom is 0.112 e. The van der Waals surface area contributed by atoms with Gasteiger partial charge in [0, 0.05) is 12.0 Å². The highest BCUT2D eigenvalue weighted by Crippen LogP contribution is 2.54. The highest BCUT2D eigenvalue weighted by atomic mass is 19.1. The van der Waals surface area contributed by atoms with Gasteiger partial charge in [0.15, 0.2) is 0 Å². The predicted molar refractivity (Wildman–Crippen MR) is 70.2 cm³/mol. The zero-order chi connectivity index (χ0) is 12.6. The van der Waals surface area contributed by atoms with Gasteiger partial charge >= 0.3 is 0 Å². The van der Waals surface area contributed by atoms with Gasteiger partial charge in [-0.3, -0.25) is 0 Å². The van der Waals surface area contributed by atoms with Crippen LogP contribution >= 0.6 is 0 Å². The van der Waals surface area contributed by atoms with E-state index in [-0.39, 0.29) is 5.41 Å². The average Bonchev–Trinajstić information content (AvgIpc) is 2.99. The Morgan fingerprint density at radius 2 is 2.00 bits per heavy atom. The van der Waals surface area contributed by atoms with E-state index >= 15 is 0 Å². The Hall–Kier alpha value is -0.630. The quantitative estimate of drug-likeness (QED) is 0.706. The minimum atomic E-state index is -0.714. The Morgan fingerprint density at radius 3 is 2.31 bits per heavy atom. The summed E-state index contributed by atoms with van der Waals surface area (Å²) in [6, 6.07) is 0. The van der Waals surface area contributed by atoms with E-state index in [9.17, 15) is 4.39 Å². The summed E-state index contributed by atoms with van der Waals surface area (Å²) in [5.41, 5.74) is 6.49. The highest BCUT2D eigenvalue weighted by molar-refractivity contribution is 5.30. The summed E-state index contributed by atoms with van der Waals surface area (Å²) >= 11 is 0. The van der Waals surface area contributed by atoms with Crippen LogP contribution in [0.1, 0.15) is 47.0 Å². The van der Waals surface area contributed by atoms with Crippen molar-refractivity contribution in [1.29, 1.82) is 0 Å². The number of alkyl halides is 1. The molecule has 2 unspecified atom stereocenters. The molecule has 0 radical (unpaired) electrons. The molecule has 94 valence electrons. The molecule has 2 heteroatoms. The van der Waals surface area contributed by atoms with Crippen LogP contribution in [0, 0.1) is 5.41 Å². The van der Waals surface area contributed by atoms with Gasteiger partial charge in [0.05, 0.1) is 0 Å². The lowest BCUT2D eigenvalue weighted by Gasteiger charge is -2.15. The van der Waals surface area contributed by atoms with Crippen molar-refractivity contribution in [2.45, 2.75) is 53.1 Å². The van der Waals surface area contributed by atoms with Crippen molar-refractivity contribution in [3.8, 4) is 0 Å². The molecule has 1 aliphatic rings. The molecular formula is C14H26FN. The largest absolute Gasteiger partial charge is 0.329 e. The molecule has 0 heterocycles. The minimum absolute atomic E-state index is 0.313. The number of nitrogens with two attached hydrogens (primary N) is 1. The van der Waals surface area contributed by atoms with Crippen molar-refractivity contribution in [2.24, 2.45) is 11.1 Å². The van der Waals surface area contributed by atoms with E-state index in [1.165, 1.54) is 0 Å². The Balaban J connectivity index is 0.00000106. The number of rotatable bonds is 5. The van der Waals surface area contributed by atoms with E-state index in [1.807, 2.05) is 26.0 Å². The first-order valence-electron chi connectivity index (χ1n) is 6.41. The van der Waals surface area contributed by atoms with Crippen LogP contribution in [-0.4, -0.2) is 12.7 Å². The molecule has 16 heavy (non-hydrogen) atoms. The van der Waals surface area contributed by atoms with E-state index in [2.05, 4.69) is 19.9 Å². The molecule has 2 N–H and O–H groups in total. The molecule has 0 amide bonds. The Labute approximate surface area is 99.6 Å². The van der Waals surface area contributed by atoms with Crippen molar-refractivity contribution in [1.82, 2.24) is 0 Å². The summed E-state index contributed by atoms with van der Waals surface area (Å²) in [6.07, 6.45) is 7.94. The fraction of sp³-hybridized carbons (Fsp3) is 0.714. The highest BCUT2D eigenvalue weighted by Gasteiger charge is 2.55. The number of hydrogen-bond acceptors (Lipinski definition) is 1. The third-order valence-electron chi connectivity index (χ3n) is 3.04. The van der Waals surface area contributed by atoms with Gasteiger partial charge in [-0.2, -0.15) is 0 Å². The molecule has 1 aliphatic carbocycles. The molecule has 0 aromatic carbocycles. The molecule has 2 atom stereocenters. The zero-order valence-corrected chi connectivity index (χ0v) is 11.1. The van der Waals surface area contributed by atoms with Gasteiger partial charge in [-0.05, 0) is 19.3 Å². The smallest absolute Gasteiger partial charge is 0.112 e. The second-order valence-corrected chi connectivity index (χ2v) is 3.91. The van der Waals surface area contributed by atoms with Crippen molar-refractivity contribution in [3.63, 3.8) is 0 Å². The minimum Gasteiger partial charge on any atom is -0.329 e. The molecule has 0 saturated heterocycles. The van der Waals surface area contributed by atoms with E-state index in [0.717, 1.165) is 18.4 Å². The topological polar surface area (TPSA) is 26.0 Å². The predicted octanol–water partition coefficient (Wildman–Crippen LogP) is 4.00. The summed E-state index contributed by atoms with van der Waals surface area (Å²) in [7, 11) is 0. The molecule has 0 aromatic heterocycles. The maximum atomic E-state index is 13.2. The van der Waals surface area contributed by atoms with Crippen LogP contribution in [0.3, 0.4) is 0 Å². The molecule has 0 aromatic rings. The SMILES string of the molecule is CC.CC/C=C\C=C(/CC)C1(CN)CC1F. The van der Waals surface area contributed by atoms with Gasteiger partial charge in [0.2, 0.25) is 0 Å². The van der Waals surface area contributed by atoms with E-state index in [0.29, 0.717) is 13.0 Å². The first-order valence-corrected chi connectivity index (χ1v) is 6.41. The van der Waals surface area contributed by atoms with Crippen LogP contribution in [0.25, 0.3) is 0 Å². The summed E-state index contributed by atoms with van der Waals surface area (Å²) in [5, 5.41) is 0. The molecule has 0 bridgehead atoms. The van der Waals surface area contributed by atoms with Crippen LogP contribution < -0.4 is 5.73 Å². The monoisotopic (exact) mass is 227 g/mol. The second-order valence-electron chi connectivity index (χ2n) is 3.91. The van der Waals surface area contributed by atoms with Gasteiger partial charge < -0.3 is 5.73 Å². The lowest BCUT2D eigenvalue weighted by Crippen LogP contribution is -2.20. The van der Waals surface area contributed by atoms with Crippen molar-refractivity contribution in [3.05, 3.63) is 23.8 Å². The van der Waals surface area contributed by atoms with Crippen LogP contribution in [-0.2, 0) is 0 Å². The van der Waals surface area contributed by atoms with Gasteiger partial charge in [0.25, 0.3) is 0 Å². The lowest BCUT2D eigenvalue weighted by molar-refractivity contribution is 0.393. The Morgan fingerprint density at radius 1 is 1.44 bits per heavy atom. The van der Waals surface area contributed by atoms with Crippen molar-refractivity contribution >= 4 is 0 Å². The molecule has 1 nitrogen and oxygen atoms in total. The van der Waals surface area contributed by atoms with Crippen LogP contribution in [0.15, 0.2) is 23.8 Å². The normalized spacial score (nSPS) is 28.9. The summed E-state index contributed by atoms with van der Waals surface area (Å²) in [6.45, 7) is 8.59. The average molecular weight is 227 g/mol. The van der Waals surface area contributed by atoms with E-state index in [1.54, 1.807) is 0 Å². The molecule has 0 spiro atoms. The third-order valence-corrected chi connectivity index (χ3v) is 3.04. The molecule has 1 saturated carbocycles. The second kappa shape index (κ2) is 7.61. The number of hydrogen-bond donors (Lipinski definition) is 1. The van der Waals surface area contributed by atoms with Gasteiger partial charge in [-0.25, -0.2) is 4.39 Å². The third kappa shape index (κ3) is 3.44. The van der Waals surface area contributed by atoms with E-state index < -0.39 is 6.17 Å². The fourth-order valence-electron chi connectivity index (χ4n) is 1.89. The van der Waals surface area contributed by atoms with Crippen LogP contribution in [0.4, 0.5) is 4.39 Å². The Kier molecular flexibility index (Phi) is 7.31. The Bertz CT molecular complexity index is 241. The first kappa shape index (κ1) is 15.4. The standard InChI is InChI=1S/C12H20FN.C2H6/c1-3-5-6-7-10(4-2)12(9-14)8-11(12)13;1-2/h5-7,11H,3-4,8-9,14H2,1-2H3;1-2H3/b6-5-,10-7+;. The van der Waals surface area contributed by atoms with Gasteiger partial charge in [0.1, 0.15) is 6.17 Å².